The Labute approximate surface area is 187 Å². The van der Waals surface area contributed by atoms with Crippen LogP contribution < -0.4 is 4.90 Å². The summed E-state index contributed by atoms with van der Waals surface area (Å²) in [4.78, 5) is 39.0. The molecule has 0 spiro atoms. The van der Waals surface area contributed by atoms with E-state index in [0.717, 1.165) is 4.90 Å². The highest BCUT2D eigenvalue weighted by atomic mass is 35.5. The molecule has 8 nitrogen and oxygen atoms in total. The molecule has 1 aliphatic rings. The van der Waals surface area contributed by atoms with Crippen molar-refractivity contribution in [1.82, 2.24) is 5.16 Å². The van der Waals surface area contributed by atoms with Gasteiger partial charge in [-0.05, 0) is 48.9 Å². The van der Waals surface area contributed by atoms with Crippen molar-refractivity contribution < 1.29 is 28.8 Å². The summed E-state index contributed by atoms with van der Waals surface area (Å²) >= 11 is 5.93. The molecule has 1 fully saturated rings. The second-order valence-electron chi connectivity index (χ2n) is 7.09. The Morgan fingerprint density at radius 3 is 2.28 bits per heavy atom. The maximum Gasteiger partial charge on any atom is 0.337 e. The molecule has 9 heteroatoms. The number of anilines is 1. The Morgan fingerprint density at radius 2 is 1.72 bits per heavy atom. The van der Waals surface area contributed by atoms with Crippen LogP contribution in [0.5, 0.6) is 0 Å². The van der Waals surface area contributed by atoms with Crippen molar-refractivity contribution in [3.8, 4) is 0 Å². The van der Waals surface area contributed by atoms with Crippen LogP contribution in [0.15, 0.2) is 64.7 Å². The summed E-state index contributed by atoms with van der Waals surface area (Å²) in [5, 5.41) is 15.3. The van der Waals surface area contributed by atoms with Gasteiger partial charge in [0.1, 0.15) is 11.5 Å². The quantitative estimate of drug-likeness (QED) is 0.275. The lowest BCUT2D eigenvalue weighted by Crippen LogP contribution is -2.29. The fraction of sp³-hybridized carbons (Fsp3) is 0.130. The van der Waals surface area contributed by atoms with E-state index in [4.69, 9.17) is 20.9 Å². The molecular formula is C23H17ClN2O6. The number of nitrogens with zero attached hydrogens (tertiary/aromatic N) is 2. The first-order valence-corrected chi connectivity index (χ1v) is 9.88. The third kappa shape index (κ3) is 3.65. The lowest BCUT2D eigenvalue weighted by Gasteiger charge is -2.23. The van der Waals surface area contributed by atoms with Crippen molar-refractivity contribution >= 4 is 40.8 Å². The average molecular weight is 453 g/mol. The molecule has 1 atom stereocenters. The summed E-state index contributed by atoms with van der Waals surface area (Å²) in [7, 11) is 1.27. The van der Waals surface area contributed by atoms with Crippen molar-refractivity contribution in [1.29, 1.82) is 0 Å². The van der Waals surface area contributed by atoms with Crippen LogP contribution >= 0.6 is 11.6 Å². The predicted octanol–water partition coefficient (Wildman–Crippen LogP) is 4.05. The summed E-state index contributed by atoms with van der Waals surface area (Å²) in [5.74, 6) is -2.05. The number of ether oxygens (including phenoxy) is 1. The fourth-order valence-corrected chi connectivity index (χ4v) is 3.66. The number of hydrogen-bond acceptors (Lipinski definition) is 7. The molecule has 1 aliphatic heterocycles. The van der Waals surface area contributed by atoms with Gasteiger partial charge in [0.15, 0.2) is 5.82 Å². The number of ketones is 1. The first-order valence-electron chi connectivity index (χ1n) is 9.50. The Hall–Kier alpha value is -3.91. The van der Waals surface area contributed by atoms with Crippen LogP contribution in [-0.2, 0) is 14.3 Å². The van der Waals surface area contributed by atoms with E-state index in [1.54, 1.807) is 43.3 Å². The van der Waals surface area contributed by atoms with E-state index < -0.39 is 23.7 Å². The van der Waals surface area contributed by atoms with Crippen molar-refractivity contribution in [2.24, 2.45) is 0 Å². The molecule has 32 heavy (non-hydrogen) atoms. The van der Waals surface area contributed by atoms with Gasteiger partial charge in [-0.2, -0.15) is 0 Å². The lowest BCUT2D eigenvalue weighted by atomic mass is 9.94. The number of aliphatic hydroxyl groups excluding tert-OH is 1. The van der Waals surface area contributed by atoms with Crippen LogP contribution in [0.3, 0.4) is 0 Å². The summed E-state index contributed by atoms with van der Waals surface area (Å²) in [6, 6.07) is 12.9. The third-order valence-electron chi connectivity index (χ3n) is 5.07. The Morgan fingerprint density at radius 1 is 1.09 bits per heavy atom. The standard InChI is InChI=1S/C23H17ClN2O6/c1-12-11-17(25-32-12)26-19(13-3-5-15(6-4-13)23(30)31-2)18(21(28)22(26)29)20(27)14-7-9-16(24)10-8-14/h3-11,19,27H,1-2H3/b20-18+. The average Bonchev–Trinajstić information content (AvgIpc) is 3.34. The van der Waals surface area contributed by atoms with E-state index in [0.29, 0.717) is 27.5 Å². The second-order valence-corrected chi connectivity index (χ2v) is 7.52. The number of halogens is 1. The molecule has 162 valence electrons. The Balaban J connectivity index is 1.90. The monoisotopic (exact) mass is 452 g/mol. The smallest absolute Gasteiger partial charge is 0.337 e. The fourth-order valence-electron chi connectivity index (χ4n) is 3.53. The normalized spacial score (nSPS) is 17.6. The lowest BCUT2D eigenvalue weighted by molar-refractivity contribution is -0.132. The van der Waals surface area contributed by atoms with Crippen molar-refractivity contribution in [2.75, 3.05) is 12.0 Å². The number of methoxy groups -OCH3 is 1. The van der Waals surface area contributed by atoms with Crippen LogP contribution in [-0.4, -0.2) is 35.0 Å². The van der Waals surface area contributed by atoms with E-state index >= 15 is 0 Å². The van der Waals surface area contributed by atoms with Gasteiger partial charge in [0, 0.05) is 16.7 Å². The molecule has 1 amide bonds. The highest BCUT2D eigenvalue weighted by molar-refractivity contribution is 6.51. The van der Waals surface area contributed by atoms with Crippen LogP contribution in [0.25, 0.3) is 5.76 Å². The molecule has 2 heterocycles. The number of Topliss-reactive ketones (excluding diaryl/α,β-unsaturated/α-hetero) is 1. The molecule has 1 aromatic heterocycles. The first kappa shape index (κ1) is 21.3. The molecule has 2 aromatic carbocycles. The predicted molar refractivity (Wildman–Crippen MR) is 115 cm³/mol. The largest absolute Gasteiger partial charge is 0.507 e. The topological polar surface area (TPSA) is 110 Å². The molecule has 1 saturated heterocycles. The van der Waals surface area contributed by atoms with E-state index in [2.05, 4.69) is 5.16 Å². The van der Waals surface area contributed by atoms with E-state index in [1.165, 1.54) is 25.3 Å². The van der Waals surface area contributed by atoms with Crippen LogP contribution in [0.2, 0.25) is 5.02 Å². The maximum absolute atomic E-state index is 13.0. The highest BCUT2D eigenvalue weighted by Gasteiger charge is 2.48. The van der Waals surface area contributed by atoms with Gasteiger partial charge in [-0.25, -0.2) is 4.79 Å². The van der Waals surface area contributed by atoms with Gasteiger partial charge < -0.3 is 14.4 Å². The van der Waals surface area contributed by atoms with Crippen molar-refractivity contribution in [2.45, 2.75) is 13.0 Å². The zero-order valence-electron chi connectivity index (χ0n) is 17.0. The first-order chi connectivity index (χ1) is 15.3. The molecule has 3 aromatic rings. The van der Waals surface area contributed by atoms with Crippen LogP contribution in [0.4, 0.5) is 5.82 Å². The summed E-state index contributed by atoms with van der Waals surface area (Å²) in [6.45, 7) is 1.65. The number of amides is 1. The number of carbonyl (C=O) groups is 3. The summed E-state index contributed by atoms with van der Waals surface area (Å²) in [6.07, 6.45) is 0. The summed E-state index contributed by atoms with van der Waals surface area (Å²) in [5.41, 5.74) is 0.972. The minimum Gasteiger partial charge on any atom is -0.507 e. The molecule has 4 rings (SSSR count). The van der Waals surface area contributed by atoms with Crippen LogP contribution in [0, 0.1) is 6.92 Å². The van der Waals surface area contributed by atoms with Gasteiger partial charge in [0.2, 0.25) is 0 Å². The third-order valence-corrected chi connectivity index (χ3v) is 5.32. The van der Waals surface area contributed by atoms with Crippen molar-refractivity contribution in [3.63, 3.8) is 0 Å². The minimum absolute atomic E-state index is 0.121. The molecule has 0 bridgehead atoms. The van der Waals surface area contributed by atoms with E-state index in [1.807, 2.05) is 0 Å². The number of benzene rings is 2. The minimum atomic E-state index is -0.998. The number of hydrogen-bond donors (Lipinski definition) is 1. The Bertz CT molecular complexity index is 1240. The number of carbonyl (C=O) groups excluding carboxylic acids is 3. The molecule has 1 N–H and O–H groups in total. The Kier molecular flexibility index (Phi) is 5.54. The molecule has 1 unspecified atom stereocenters. The highest BCUT2D eigenvalue weighted by Crippen LogP contribution is 2.42. The number of aryl methyl sites for hydroxylation is 1. The van der Waals surface area contributed by atoms with Gasteiger partial charge >= 0.3 is 11.9 Å². The molecular weight excluding hydrogens is 436 g/mol. The molecule has 0 aliphatic carbocycles. The number of esters is 1. The SMILES string of the molecule is COC(=O)c1ccc(C2/C(=C(\O)c3ccc(Cl)cc3)C(=O)C(=O)N2c2cc(C)on2)cc1. The zero-order valence-corrected chi connectivity index (χ0v) is 17.8. The van der Waals surface area contributed by atoms with Gasteiger partial charge in [-0.1, -0.05) is 28.9 Å². The van der Waals surface area contributed by atoms with E-state index in [-0.39, 0.29) is 17.2 Å². The number of aromatic nitrogens is 1. The van der Waals surface area contributed by atoms with Gasteiger partial charge in [-0.3, -0.25) is 14.5 Å². The van der Waals surface area contributed by atoms with E-state index in [9.17, 15) is 19.5 Å². The zero-order chi connectivity index (χ0) is 23.0. The van der Waals surface area contributed by atoms with Crippen molar-refractivity contribution in [3.05, 3.63) is 87.6 Å². The molecule has 0 radical (unpaired) electrons. The van der Waals surface area contributed by atoms with Gasteiger partial charge in [0.05, 0.1) is 24.3 Å². The molecule has 0 saturated carbocycles. The van der Waals surface area contributed by atoms with Crippen LogP contribution in [0.1, 0.15) is 33.3 Å². The summed E-state index contributed by atoms with van der Waals surface area (Å²) < 4.78 is 9.81. The number of aliphatic hydroxyl groups is 1. The second kappa shape index (κ2) is 8.32. The van der Waals surface area contributed by atoms with Gasteiger partial charge in [-0.15, -0.1) is 0 Å². The maximum atomic E-state index is 13.0. The van der Waals surface area contributed by atoms with Gasteiger partial charge in [0.25, 0.3) is 5.78 Å². The number of rotatable bonds is 4.